The van der Waals surface area contributed by atoms with Crippen molar-refractivity contribution in [1.82, 2.24) is 4.72 Å². The summed E-state index contributed by atoms with van der Waals surface area (Å²) in [5.41, 5.74) is 1.04. The molecule has 1 saturated carbocycles. The van der Waals surface area contributed by atoms with Crippen LogP contribution in [0.1, 0.15) is 18.4 Å². The Labute approximate surface area is 130 Å². The molecule has 2 fully saturated rings. The van der Waals surface area contributed by atoms with Gasteiger partial charge in [-0.25, -0.2) is 0 Å². The van der Waals surface area contributed by atoms with Crippen molar-refractivity contribution in [1.29, 1.82) is 0 Å². The van der Waals surface area contributed by atoms with Crippen molar-refractivity contribution in [2.45, 2.75) is 46.4 Å². The molecule has 2 N–H and O–H groups in total. The monoisotopic (exact) mass is 427 g/mol. The second kappa shape index (κ2) is 5.73. The third-order valence-electron chi connectivity index (χ3n) is 3.78. The van der Waals surface area contributed by atoms with Gasteiger partial charge in [0.25, 0.3) is 0 Å². The van der Waals surface area contributed by atoms with E-state index < -0.39 is 10.0 Å². The van der Waals surface area contributed by atoms with Crippen LogP contribution in [-0.2, 0) is 10.0 Å². The van der Waals surface area contributed by atoms with Crippen LogP contribution >= 0.6 is 0 Å². The molecule has 1 aliphatic carbocycles. The van der Waals surface area contributed by atoms with E-state index in [-0.39, 0.29) is 12.1 Å². The number of benzene rings is 1. The second-order valence-electron chi connectivity index (χ2n) is 5.35. The zero-order valence-electron chi connectivity index (χ0n) is 11.0. The topological polar surface area (TPSA) is 66.4 Å². The summed E-state index contributed by atoms with van der Waals surface area (Å²) in [6.07, 6.45) is 1.26. The van der Waals surface area contributed by atoms with Crippen LogP contribution in [0.4, 0.5) is 0 Å². The van der Waals surface area contributed by atoms with Crippen molar-refractivity contribution in [3.8, 4) is 0 Å². The molecule has 4 atom stereocenters. The van der Waals surface area contributed by atoms with Crippen LogP contribution in [0.25, 0.3) is 0 Å². The molecular weight excluding hydrogens is 408 g/mol. The van der Waals surface area contributed by atoms with E-state index in [1.165, 1.54) is 0 Å². The van der Waals surface area contributed by atoms with E-state index in [2.05, 4.69) is 4.72 Å². The van der Waals surface area contributed by atoms with Gasteiger partial charge in [0.05, 0.1) is 0 Å². The molecule has 0 aromatic heterocycles. The number of hydrogen-bond acceptors (Lipinski definition) is 3. The van der Waals surface area contributed by atoms with Crippen molar-refractivity contribution >= 4 is 36.3 Å². The summed E-state index contributed by atoms with van der Waals surface area (Å²) in [5.74, 6) is 0. The second-order valence-corrected chi connectivity index (χ2v) is 14.6. The molecular formula is C13H17NO3SSe2. The molecule has 1 saturated heterocycles. The van der Waals surface area contributed by atoms with Crippen LogP contribution in [0.5, 0.6) is 0 Å². The number of fused-ring (bicyclic) bond motifs is 2. The van der Waals surface area contributed by atoms with E-state index in [1.54, 1.807) is 12.1 Å². The Balaban J connectivity index is 1.78. The van der Waals surface area contributed by atoms with Crippen molar-refractivity contribution in [2.24, 2.45) is 0 Å². The Bertz CT molecular complexity index is 590. The first-order chi connectivity index (χ1) is 9.45. The summed E-state index contributed by atoms with van der Waals surface area (Å²) >= 11 is 1.04. The molecule has 3 rings (SSSR count). The van der Waals surface area contributed by atoms with E-state index in [4.69, 9.17) is 0 Å². The quantitative estimate of drug-likeness (QED) is 0.702. The predicted molar refractivity (Wildman–Crippen MR) is 79.5 cm³/mol. The predicted octanol–water partition coefficient (Wildman–Crippen LogP) is 0.711. The Kier molecular flexibility index (Phi) is 4.31. The first kappa shape index (κ1) is 15.0. The molecule has 1 aliphatic heterocycles. The van der Waals surface area contributed by atoms with Gasteiger partial charge >= 0.3 is 131 Å². The summed E-state index contributed by atoms with van der Waals surface area (Å²) in [7, 11) is -3.47. The Hall–Kier alpha value is 0.129. The number of nitrogens with one attached hydrogen (secondary N) is 1. The molecule has 0 amide bonds. The summed E-state index contributed by atoms with van der Waals surface area (Å²) in [5, 5.41) is 10.1. The van der Waals surface area contributed by atoms with Gasteiger partial charge in [-0.2, -0.15) is 0 Å². The minimum absolute atomic E-state index is 0.0862. The normalized spacial score (nSPS) is 33.3. The standard InChI is InChI=1S/C13H17NO3SSe2/c1-8-2-4-9(5-3-8)18(16,17)14-10-6-11(15)13-7-12(10)19-20-13/h2-5,10-15H,6-7H2,1H3/t10-,11+,12-,13+/m0/s1. The molecule has 2 bridgehead atoms. The third kappa shape index (κ3) is 3.00. The number of aliphatic hydroxyl groups is 1. The molecule has 1 aromatic carbocycles. The Morgan fingerprint density at radius 3 is 2.50 bits per heavy atom. The average molecular weight is 425 g/mol. The number of sulfonamides is 1. The zero-order chi connectivity index (χ0) is 14.3. The van der Waals surface area contributed by atoms with Crippen molar-refractivity contribution in [3.05, 3.63) is 29.8 Å². The maximum absolute atomic E-state index is 12.4. The van der Waals surface area contributed by atoms with Crippen LogP contribution in [-0.4, -0.2) is 51.9 Å². The first-order valence-corrected chi connectivity index (χ1v) is 14.3. The fourth-order valence-corrected chi connectivity index (χ4v) is 15.3. The van der Waals surface area contributed by atoms with Crippen LogP contribution < -0.4 is 4.72 Å². The van der Waals surface area contributed by atoms with Gasteiger partial charge in [-0.3, -0.25) is 0 Å². The van der Waals surface area contributed by atoms with Crippen LogP contribution in [0.2, 0.25) is 9.63 Å². The van der Waals surface area contributed by atoms with Crippen LogP contribution in [0.15, 0.2) is 29.2 Å². The Morgan fingerprint density at radius 2 is 1.80 bits per heavy atom. The van der Waals surface area contributed by atoms with Crippen molar-refractivity contribution < 1.29 is 13.5 Å². The fraction of sp³-hybridized carbons (Fsp3) is 0.538. The van der Waals surface area contributed by atoms with Crippen molar-refractivity contribution in [2.75, 3.05) is 0 Å². The number of hydrogen-bond donors (Lipinski definition) is 2. The molecule has 0 spiro atoms. The van der Waals surface area contributed by atoms with E-state index in [0.717, 1.165) is 12.0 Å². The average Bonchev–Trinajstić information content (AvgIpc) is 2.82. The van der Waals surface area contributed by atoms with Gasteiger partial charge in [-0.1, -0.05) is 0 Å². The van der Waals surface area contributed by atoms with E-state index in [9.17, 15) is 13.5 Å². The zero-order valence-corrected chi connectivity index (χ0v) is 15.3. The van der Waals surface area contributed by atoms with Gasteiger partial charge in [0.2, 0.25) is 0 Å². The van der Waals surface area contributed by atoms with E-state index in [0.29, 0.717) is 47.2 Å². The molecule has 110 valence electrons. The summed E-state index contributed by atoms with van der Waals surface area (Å²) in [6, 6.07) is 6.82. The van der Waals surface area contributed by atoms with Gasteiger partial charge in [0, 0.05) is 0 Å². The van der Waals surface area contributed by atoms with Crippen molar-refractivity contribution in [3.63, 3.8) is 0 Å². The number of rotatable bonds is 3. The molecule has 7 heteroatoms. The van der Waals surface area contributed by atoms with Gasteiger partial charge < -0.3 is 0 Å². The maximum atomic E-state index is 12.4. The van der Waals surface area contributed by atoms with Gasteiger partial charge in [0.15, 0.2) is 0 Å². The third-order valence-corrected chi connectivity index (χ3v) is 15.3. The van der Waals surface area contributed by atoms with Gasteiger partial charge in [-0.05, 0) is 0 Å². The molecule has 0 unspecified atom stereocenters. The van der Waals surface area contributed by atoms with Gasteiger partial charge in [0.1, 0.15) is 0 Å². The van der Waals surface area contributed by atoms with Crippen LogP contribution in [0.3, 0.4) is 0 Å². The molecule has 4 nitrogen and oxygen atoms in total. The summed E-state index contributed by atoms with van der Waals surface area (Å²) in [4.78, 5) is 1.25. The molecule has 0 radical (unpaired) electrons. The summed E-state index contributed by atoms with van der Waals surface area (Å²) in [6.45, 7) is 1.94. The molecule has 20 heavy (non-hydrogen) atoms. The molecule has 1 aromatic rings. The molecule has 2 aliphatic rings. The van der Waals surface area contributed by atoms with E-state index >= 15 is 0 Å². The molecule has 1 heterocycles. The summed E-state index contributed by atoms with van der Waals surface area (Å²) < 4.78 is 27.7. The van der Waals surface area contributed by atoms with Crippen LogP contribution in [0, 0.1) is 6.92 Å². The van der Waals surface area contributed by atoms with E-state index in [1.807, 2.05) is 19.1 Å². The van der Waals surface area contributed by atoms with Gasteiger partial charge in [-0.15, -0.1) is 0 Å². The minimum atomic E-state index is -3.47. The number of aryl methyl sites for hydroxylation is 1. The first-order valence-electron chi connectivity index (χ1n) is 6.55. The SMILES string of the molecule is Cc1ccc(S(=O)(=O)N[C@H]2C[C@@H](O)[C@H]3C[C@@H]2[Se][Se]3)cc1. The fourth-order valence-electron chi connectivity index (χ4n) is 2.58. The number of aliphatic hydroxyl groups excluding tert-OH is 1. The Morgan fingerprint density at radius 1 is 1.15 bits per heavy atom.